The molecule has 0 aromatic carbocycles. The number of rotatable bonds is 4. The summed E-state index contributed by atoms with van der Waals surface area (Å²) in [6.07, 6.45) is 1.47. The Bertz CT molecular complexity index is 849. The van der Waals surface area contributed by atoms with Crippen molar-refractivity contribution in [3.63, 3.8) is 0 Å². The lowest BCUT2D eigenvalue weighted by atomic mass is 9.77. The van der Waals surface area contributed by atoms with Crippen LogP contribution >= 0.6 is 22.9 Å². The van der Waals surface area contributed by atoms with Crippen LogP contribution in [0.25, 0.3) is 10.2 Å². The van der Waals surface area contributed by atoms with Gasteiger partial charge in [-0.1, -0.05) is 0 Å². The van der Waals surface area contributed by atoms with Crippen molar-refractivity contribution in [1.29, 1.82) is 0 Å². The van der Waals surface area contributed by atoms with Gasteiger partial charge in [-0.15, -0.1) is 11.3 Å². The van der Waals surface area contributed by atoms with Gasteiger partial charge in [-0.05, 0) is 55.7 Å². The van der Waals surface area contributed by atoms with Gasteiger partial charge in [-0.25, -0.2) is 4.98 Å². The Kier molecular flexibility index (Phi) is 3.47. The van der Waals surface area contributed by atoms with Crippen molar-refractivity contribution in [1.82, 2.24) is 14.3 Å². The maximum atomic E-state index is 9.90. The predicted octanol–water partition coefficient (Wildman–Crippen LogP) is 3.53. The molecule has 3 aromatic rings. The van der Waals surface area contributed by atoms with Crippen LogP contribution in [0.5, 0.6) is 0 Å². The molecule has 3 N–H and O–H groups in total. The maximum Gasteiger partial charge on any atom is 0.230 e. The Morgan fingerprint density at radius 2 is 2.17 bits per heavy atom. The first kappa shape index (κ1) is 14.8. The Labute approximate surface area is 141 Å². The zero-order valence-corrected chi connectivity index (χ0v) is 14.5. The summed E-state index contributed by atoms with van der Waals surface area (Å²) in [4.78, 5) is 9.18. The third kappa shape index (κ3) is 3.01. The van der Waals surface area contributed by atoms with Gasteiger partial charge < -0.3 is 15.7 Å². The summed E-state index contributed by atoms with van der Waals surface area (Å²) >= 11 is 3.02. The number of aliphatic hydroxyl groups is 1. The zero-order chi connectivity index (χ0) is 16.0. The van der Waals surface area contributed by atoms with Crippen LogP contribution in [0.15, 0.2) is 17.5 Å². The van der Waals surface area contributed by atoms with E-state index in [2.05, 4.69) is 25.0 Å². The van der Waals surface area contributed by atoms with Crippen molar-refractivity contribution in [2.75, 3.05) is 10.6 Å². The molecular weight excluding hydrogens is 330 g/mol. The van der Waals surface area contributed by atoms with Crippen LogP contribution < -0.4 is 10.6 Å². The minimum Gasteiger partial charge on any atom is -0.390 e. The maximum absolute atomic E-state index is 9.90. The highest BCUT2D eigenvalue weighted by Gasteiger charge is 2.38. The van der Waals surface area contributed by atoms with Crippen molar-refractivity contribution in [3.05, 3.63) is 23.2 Å². The number of fused-ring (bicyclic) bond motifs is 1. The number of aromatic nitrogens is 3. The molecule has 1 saturated carbocycles. The second-order valence-corrected chi connectivity index (χ2v) is 7.96. The van der Waals surface area contributed by atoms with Crippen LogP contribution in [-0.4, -0.2) is 31.1 Å². The number of nitrogens with zero attached hydrogens (tertiary/aromatic N) is 3. The van der Waals surface area contributed by atoms with Gasteiger partial charge in [0.15, 0.2) is 0 Å². The summed E-state index contributed by atoms with van der Waals surface area (Å²) in [5, 5.41) is 19.5. The zero-order valence-electron chi connectivity index (χ0n) is 12.8. The first-order chi connectivity index (χ1) is 11.0. The topological polar surface area (TPSA) is 83.0 Å². The number of thiophene rings is 1. The highest BCUT2D eigenvalue weighted by atomic mass is 32.1. The standard InChI is InChI=1S/C15H17N5OS2/c1-8-5-11(23-20-8)18-14-17-10-3-4-22-12(10)13(19-14)16-9-6-15(2,21)7-9/h3-5,9,21H,6-7H2,1-2H3,(H2,16,17,18,19). The Morgan fingerprint density at radius 1 is 1.35 bits per heavy atom. The van der Waals surface area contributed by atoms with E-state index in [1.807, 2.05) is 31.4 Å². The predicted molar refractivity (Wildman–Crippen MR) is 94.8 cm³/mol. The molecule has 0 saturated heterocycles. The van der Waals surface area contributed by atoms with E-state index in [4.69, 9.17) is 0 Å². The minimum absolute atomic E-state index is 0.253. The van der Waals surface area contributed by atoms with E-state index < -0.39 is 5.60 Å². The van der Waals surface area contributed by atoms with E-state index in [9.17, 15) is 5.11 Å². The third-order valence-electron chi connectivity index (χ3n) is 3.88. The van der Waals surface area contributed by atoms with E-state index in [0.29, 0.717) is 5.95 Å². The smallest absolute Gasteiger partial charge is 0.230 e. The number of aryl methyl sites for hydroxylation is 1. The third-order valence-corrected chi connectivity index (χ3v) is 5.59. The minimum atomic E-state index is -0.555. The normalized spacial score (nSPS) is 23.7. The number of hydrogen-bond donors (Lipinski definition) is 3. The molecule has 8 heteroatoms. The Hall–Kier alpha value is -1.77. The number of hydrogen-bond acceptors (Lipinski definition) is 8. The fraction of sp³-hybridized carbons (Fsp3) is 0.400. The fourth-order valence-corrected chi connectivity index (χ4v) is 4.29. The van der Waals surface area contributed by atoms with Gasteiger partial charge in [-0.2, -0.15) is 9.36 Å². The van der Waals surface area contributed by atoms with Crippen LogP contribution in [0, 0.1) is 6.92 Å². The molecule has 0 amide bonds. The number of anilines is 3. The molecule has 3 heterocycles. The molecule has 1 fully saturated rings. The SMILES string of the molecule is Cc1cc(Nc2nc(NC3CC(C)(O)C3)c3sccc3n2)sn1. The van der Waals surface area contributed by atoms with Crippen molar-refractivity contribution in [2.24, 2.45) is 0 Å². The fourth-order valence-electron chi connectivity index (χ4n) is 2.85. The lowest BCUT2D eigenvalue weighted by Gasteiger charge is -2.41. The molecule has 0 atom stereocenters. The molecule has 6 nitrogen and oxygen atoms in total. The molecule has 0 bridgehead atoms. The summed E-state index contributed by atoms with van der Waals surface area (Å²) in [5.74, 6) is 1.39. The summed E-state index contributed by atoms with van der Waals surface area (Å²) in [6.45, 7) is 3.82. The van der Waals surface area contributed by atoms with E-state index >= 15 is 0 Å². The molecule has 3 aromatic heterocycles. The summed E-state index contributed by atoms with van der Waals surface area (Å²) in [6, 6.07) is 4.22. The molecule has 1 aliphatic carbocycles. The van der Waals surface area contributed by atoms with Crippen LogP contribution in [0.4, 0.5) is 16.8 Å². The average molecular weight is 347 g/mol. The molecule has 23 heavy (non-hydrogen) atoms. The first-order valence-electron chi connectivity index (χ1n) is 7.43. The first-order valence-corrected chi connectivity index (χ1v) is 9.08. The van der Waals surface area contributed by atoms with Crippen molar-refractivity contribution >= 4 is 49.9 Å². The second-order valence-electron chi connectivity index (χ2n) is 6.23. The molecule has 0 radical (unpaired) electrons. The lowest BCUT2D eigenvalue weighted by molar-refractivity contribution is -0.0234. The van der Waals surface area contributed by atoms with Gasteiger partial charge in [0.05, 0.1) is 21.5 Å². The molecule has 0 unspecified atom stereocenters. The van der Waals surface area contributed by atoms with Gasteiger partial charge in [-0.3, -0.25) is 0 Å². The molecule has 0 aliphatic heterocycles. The molecular formula is C15H17N5OS2. The van der Waals surface area contributed by atoms with Crippen LogP contribution in [0.2, 0.25) is 0 Å². The summed E-state index contributed by atoms with van der Waals surface area (Å²) in [7, 11) is 0. The summed E-state index contributed by atoms with van der Waals surface area (Å²) in [5.41, 5.74) is 1.34. The number of nitrogens with one attached hydrogen (secondary N) is 2. The lowest BCUT2D eigenvalue weighted by Crippen LogP contribution is -2.48. The quantitative estimate of drug-likeness (QED) is 0.670. The van der Waals surface area contributed by atoms with Crippen LogP contribution in [0.1, 0.15) is 25.5 Å². The Balaban J connectivity index is 1.62. The highest BCUT2D eigenvalue weighted by molar-refractivity contribution is 7.17. The van der Waals surface area contributed by atoms with E-state index in [0.717, 1.165) is 39.6 Å². The van der Waals surface area contributed by atoms with Crippen molar-refractivity contribution in [2.45, 2.75) is 38.3 Å². The largest absolute Gasteiger partial charge is 0.390 e. The average Bonchev–Trinajstić information content (AvgIpc) is 3.06. The van der Waals surface area contributed by atoms with Gasteiger partial charge in [0, 0.05) is 6.04 Å². The van der Waals surface area contributed by atoms with Gasteiger partial charge in [0.2, 0.25) is 5.95 Å². The molecule has 0 spiro atoms. The second kappa shape index (κ2) is 5.40. The van der Waals surface area contributed by atoms with E-state index in [1.54, 1.807) is 11.3 Å². The van der Waals surface area contributed by atoms with Crippen molar-refractivity contribution in [3.8, 4) is 0 Å². The molecule has 4 rings (SSSR count). The van der Waals surface area contributed by atoms with Crippen LogP contribution in [0.3, 0.4) is 0 Å². The van der Waals surface area contributed by atoms with E-state index in [-0.39, 0.29) is 6.04 Å². The van der Waals surface area contributed by atoms with E-state index in [1.165, 1.54) is 11.5 Å². The highest BCUT2D eigenvalue weighted by Crippen LogP contribution is 2.36. The van der Waals surface area contributed by atoms with Gasteiger partial charge in [0.25, 0.3) is 0 Å². The van der Waals surface area contributed by atoms with Crippen molar-refractivity contribution < 1.29 is 5.11 Å². The van der Waals surface area contributed by atoms with Gasteiger partial charge in [0.1, 0.15) is 10.8 Å². The molecule has 1 aliphatic rings. The van der Waals surface area contributed by atoms with Crippen LogP contribution in [-0.2, 0) is 0 Å². The van der Waals surface area contributed by atoms with Gasteiger partial charge >= 0.3 is 0 Å². The molecule has 120 valence electrons. The monoisotopic (exact) mass is 347 g/mol. The Morgan fingerprint density at radius 3 is 2.87 bits per heavy atom. The summed E-state index contributed by atoms with van der Waals surface area (Å²) < 4.78 is 5.30.